The lowest BCUT2D eigenvalue weighted by molar-refractivity contribution is 0.0683. The van der Waals surface area contributed by atoms with Gasteiger partial charge in [0.1, 0.15) is 11.5 Å². The summed E-state index contributed by atoms with van der Waals surface area (Å²) in [6.45, 7) is 1.25. The van der Waals surface area contributed by atoms with E-state index in [1.165, 1.54) is 29.2 Å². The summed E-state index contributed by atoms with van der Waals surface area (Å²) in [4.78, 5) is 30.6. The van der Waals surface area contributed by atoms with Crippen LogP contribution in [-0.4, -0.2) is 58.7 Å². The number of hydrogen-bond acceptors (Lipinski definition) is 6. The number of carbonyl (C=O) groups is 1. The molecule has 0 spiro atoms. The van der Waals surface area contributed by atoms with Crippen LogP contribution in [0.1, 0.15) is 40.2 Å². The molecule has 5 aromatic rings. The quantitative estimate of drug-likeness (QED) is 0.328. The van der Waals surface area contributed by atoms with E-state index in [0.29, 0.717) is 49.9 Å². The Balaban J connectivity index is 1.22. The Labute approximate surface area is 224 Å². The van der Waals surface area contributed by atoms with Crippen LogP contribution in [-0.2, 0) is 19.3 Å². The van der Waals surface area contributed by atoms with E-state index in [-0.39, 0.29) is 17.6 Å². The van der Waals surface area contributed by atoms with Gasteiger partial charge in [0.15, 0.2) is 0 Å². The molecule has 3 aromatic heterocycles. The second-order valence-electron chi connectivity index (χ2n) is 9.90. The highest BCUT2D eigenvalue weighted by Gasteiger charge is 2.28. The summed E-state index contributed by atoms with van der Waals surface area (Å²) < 4.78 is 14.9. The van der Waals surface area contributed by atoms with Gasteiger partial charge in [-0.15, -0.1) is 0 Å². The van der Waals surface area contributed by atoms with Gasteiger partial charge in [-0.05, 0) is 67.9 Å². The molecule has 2 aromatic carbocycles. The number of nitrogens with zero attached hydrogens (tertiary/aromatic N) is 6. The maximum atomic E-state index is 13.4. The number of hydrogen-bond donors (Lipinski definition) is 2. The average molecular weight is 526 g/mol. The predicted octanol–water partition coefficient (Wildman–Crippen LogP) is 4.26. The van der Waals surface area contributed by atoms with E-state index >= 15 is 0 Å². The first-order valence-corrected chi connectivity index (χ1v) is 13.1. The Hall–Kier alpha value is -4.60. The molecule has 1 amide bonds. The van der Waals surface area contributed by atoms with E-state index in [2.05, 4.69) is 19.9 Å². The first-order chi connectivity index (χ1) is 19.0. The highest BCUT2D eigenvalue weighted by molar-refractivity contribution is 5.92. The van der Waals surface area contributed by atoms with Crippen molar-refractivity contribution in [3.63, 3.8) is 0 Å². The molecular weight excluding hydrogens is 497 g/mol. The van der Waals surface area contributed by atoms with Crippen molar-refractivity contribution in [1.29, 1.82) is 0 Å². The van der Waals surface area contributed by atoms with Gasteiger partial charge in [-0.25, -0.2) is 14.4 Å². The Bertz CT molecular complexity index is 1560. The van der Waals surface area contributed by atoms with Crippen LogP contribution in [0.15, 0.2) is 67.1 Å². The number of rotatable bonds is 7. The number of imidazole rings is 1. The number of aromatic hydroxyl groups is 1. The molecule has 6 rings (SSSR count). The number of aromatic nitrogens is 6. The number of likely N-dealkylation sites (tertiary alicyclic amines) is 1. The summed E-state index contributed by atoms with van der Waals surface area (Å²) in [6.07, 6.45) is 8.08. The minimum atomic E-state index is -0.274. The molecule has 0 bridgehead atoms. The van der Waals surface area contributed by atoms with Crippen molar-refractivity contribution in [2.75, 3.05) is 13.1 Å². The average Bonchev–Trinajstić information content (AvgIpc) is 3.54. The second kappa shape index (κ2) is 10.6. The summed E-state index contributed by atoms with van der Waals surface area (Å²) in [7, 11) is 0. The summed E-state index contributed by atoms with van der Waals surface area (Å²) in [5.74, 6) is 0.435. The third-order valence-electron chi connectivity index (χ3n) is 7.36. The van der Waals surface area contributed by atoms with Crippen LogP contribution in [0.4, 0.5) is 4.39 Å². The Morgan fingerprint density at radius 1 is 1.05 bits per heavy atom. The number of H-pyrrole nitrogens is 1. The molecule has 39 heavy (non-hydrogen) atoms. The molecule has 1 aliphatic rings. The van der Waals surface area contributed by atoms with Gasteiger partial charge in [0, 0.05) is 31.0 Å². The molecule has 10 heteroatoms. The molecule has 1 saturated heterocycles. The molecule has 9 nitrogen and oxygen atoms in total. The minimum Gasteiger partial charge on any atom is -0.493 e. The molecule has 0 unspecified atom stereocenters. The molecular formula is C29H28FN7O2. The lowest BCUT2D eigenvalue weighted by Gasteiger charge is -2.31. The number of amides is 1. The third-order valence-corrected chi connectivity index (χ3v) is 7.36. The van der Waals surface area contributed by atoms with E-state index in [1.807, 2.05) is 29.2 Å². The Morgan fingerprint density at radius 2 is 1.85 bits per heavy atom. The SMILES string of the molecule is O=C(c1cnccn1)N1CCC(Cc2nn(-c3nc4ccccc4[nH]3)c(O)c2CCc2ccc(F)cc2)CC1. The summed E-state index contributed by atoms with van der Waals surface area (Å²) in [5, 5.41) is 16.1. The van der Waals surface area contributed by atoms with Gasteiger partial charge in [0.2, 0.25) is 11.8 Å². The standard InChI is InChI=1S/C29H28FN7O2/c30-21-8-5-19(6-9-21)7-10-22-25(35-37(27(22)38)29-33-23-3-1-2-4-24(23)34-29)17-20-11-15-36(16-12-20)28(39)26-18-31-13-14-32-26/h1-6,8-9,13-14,18,20,38H,7,10-12,15-17H2,(H,33,34). The van der Waals surface area contributed by atoms with Crippen LogP contribution in [0.25, 0.3) is 17.0 Å². The predicted molar refractivity (Wildman–Crippen MR) is 143 cm³/mol. The first kappa shape index (κ1) is 24.7. The molecule has 0 aliphatic carbocycles. The summed E-state index contributed by atoms with van der Waals surface area (Å²) in [6, 6.07) is 14.1. The molecule has 2 N–H and O–H groups in total. The van der Waals surface area contributed by atoms with Crippen molar-refractivity contribution in [2.24, 2.45) is 5.92 Å². The zero-order valence-electron chi connectivity index (χ0n) is 21.3. The lowest BCUT2D eigenvalue weighted by Crippen LogP contribution is -2.39. The fourth-order valence-corrected chi connectivity index (χ4v) is 5.20. The second-order valence-corrected chi connectivity index (χ2v) is 9.90. The van der Waals surface area contributed by atoms with Crippen molar-refractivity contribution in [3.8, 4) is 11.8 Å². The van der Waals surface area contributed by atoms with Gasteiger partial charge in [-0.3, -0.25) is 9.78 Å². The van der Waals surface area contributed by atoms with Crippen molar-refractivity contribution >= 4 is 16.9 Å². The monoisotopic (exact) mass is 525 g/mol. The third kappa shape index (κ3) is 5.22. The lowest BCUT2D eigenvalue weighted by atomic mass is 9.90. The summed E-state index contributed by atoms with van der Waals surface area (Å²) in [5.41, 5.74) is 4.56. The fraction of sp³-hybridized carbons (Fsp3) is 0.276. The maximum absolute atomic E-state index is 13.4. The highest BCUT2D eigenvalue weighted by atomic mass is 19.1. The van der Waals surface area contributed by atoms with Crippen LogP contribution in [0, 0.1) is 11.7 Å². The number of nitrogens with one attached hydrogen (secondary N) is 1. The highest BCUT2D eigenvalue weighted by Crippen LogP contribution is 2.31. The normalized spacial score (nSPS) is 14.2. The molecule has 1 aliphatic heterocycles. The Morgan fingerprint density at radius 3 is 2.59 bits per heavy atom. The van der Waals surface area contributed by atoms with Gasteiger partial charge < -0.3 is 15.0 Å². The Kier molecular flexibility index (Phi) is 6.75. The summed E-state index contributed by atoms with van der Waals surface area (Å²) >= 11 is 0. The van der Waals surface area contributed by atoms with E-state index < -0.39 is 0 Å². The zero-order chi connectivity index (χ0) is 26.8. The van der Waals surface area contributed by atoms with Crippen LogP contribution < -0.4 is 0 Å². The first-order valence-electron chi connectivity index (χ1n) is 13.1. The maximum Gasteiger partial charge on any atom is 0.274 e. The zero-order valence-corrected chi connectivity index (χ0v) is 21.3. The largest absolute Gasteiger partial charge is 0.493 e. The molecule has 0 saturated carbocycles. The van der Waals surface area contributed by atoms with Crippen LogP contribution >= 0.6 is 0 Å². The van der Waals surface area contributed by atoms with E-state index in [4.69, 9.17) is 5.10 Å². The van der Waals surface area contributed by atoms with Gasteiger partial charge in [0.25, 0.3) is 5.91 Å². The van der Waals surface area contributed by atoms with Gasteiger partial charge >= 0.3 is 0 Å². The smallest absolute Gasteiger partial charge is 0.274 e. The molecule has 0 radical (unpaired) electrons. The number of para-hydroxylation sites is 2. The number of fused-ring (bicyclic) bond motifs is 1. The van der Waals surface area contributed by atoms with Crippen LogP contribution in [0.3, 0.4) is 0 Å². The van der Waals surface area contributed by atoms with E-state index in [1.54, 1.807) is 18.3 Å². The van der Waals surface area contributed by atoms with E-state index in [0.717, 1.165) is 40.7 Å². The molecule has 4 heterocycles. The fourth-order valence-electron chi connectivity index (χ4n) is 5.20. The number of benzene rings is 2. The number of carbonyl (C=O) groups excluding carboxylic acids is 1. The van der Waals surface area contributed by atoms with Gasteiger partial charge in [-0.1, -0.05) is 24.3 Å². The van der Waals surface area contributed by atoms with Crippen molar-refractivity contribution in [1.82, 2.24) is 34.6 Å². The number of aromatic amines is 1. The van der Waals surface area contributed by atoms with Crippen molar-refractivity contribution in [3.05, 3.63) is 95.5 Å². The number of halogens is 1. The number of aryl methyl sites for hydroxylation is 1. The molecule has 1 fully saturated rings. The number of piperidine rings is 1. The molecule has 0 atom stereocenters. The molecule has 198 valence electrons. The topological polar surface area (TPSA) is 113 Å². The van der Waals surface area contributed by atoms with Gasteiger partial charge in [0.05, 0.1) is 22.9 Å². The van der Waals surface area contributed by atoms with E-state index in [9.17, 15) is 14.3 Å². The van der Waals surface area contributed by atoms with Crippen LogP contribution in [0.2, 0.25) is 0 Å². The van der Waals surface area contributed by atoms with Crippen LogP contribution in [0.5, 0.6) is 5.88 Å². The van der Waals surface area contributed by atoms with Crippen molar-refractivity contribution in [2.45, 2.75) is 32.1 Å². The minimum absolute atomic E-state index is 0.0569. The van der Waals surface area contributed by atoms with Crippen molar-refractivity contribution < 1.29 is 14.3 Å². The van der Waals surface area contributed by atoms with Gasteiger partial charge in [-0.2, -0.15) is 9.78 Å².